The molecule has 0 aliphatic rings. The lowest BCUT2D eigenvalue weighted by molar-refractivity contribution is 0.968. The van der Waals surface area contributed by atoms with Crippen molar-refractivity contribution in [3.8, 4) is 11.3 Å². The van der Waals surface area contributed by atoms with Crippen LogP contribution in [0, 0.1) is 0 Å². The molecule has 0 saturated carbocycles. The first kappa shape index (κ1) is 12.4. The number of aromatic amines is 2. The average molecular weight is 266 g/mol. The molecule has 0 radical (unpaired) electrons. The Balaban J connectivity index is 2.42. The number of hydrogen-bond donors (Lipinski definition) is 2. The molecular formula is C16H14N2O2. The molecule has 0 bridgehead atoms. The van der Waals surface area contributed by atoms with Crippen molar-refractivity contribution < 1.29 is 0 Å². The van der Waals surface area contributed by atoms with Gasteiger partial charge in [-0.05, 0) is 17.2 Å². The highest BCUT2D eigenvalue weighted by Crippen LogP contribution is 2.27. The lowest BCUT2D eigenvalue weighted by atomic mass is 9.99. The van der Waals surface area contributed by atoms with Crippen LogP contribution in [0.4, 0.5) is 0 Å². The third-order valence-electron chi connectivity index (χ3n) is 3.45. The highest BCUT2D eigenvalue weighted by molar-refractivity contribution is 5.96. The van der Waals surface area contributed by atoms with Crippen LogP contribution in [0.1, 0.15) is 12.5 Å². The van der Waals surface area contributed by atoms with Crippen molar-refractivity contribution in [2.24, 2.45) is 0 Å². The maximum Gasteiger partial charge on any atom is 0.326 e. The summed E-state index contributed by atoms with van der Waals surface area (Å²) in [5.74, 6) is 0. The van der Waals surface area contributed by atoms with Crippen molar-refractivity contribution in [1.82, 2.24) is 9.97 Å². The van der Waals surface area contributed by atoms with Crippen LogP contribution in [0.15, 0.2) is 52.1 Å². The van der Waals surface area contributed by atoms with Gasteiger partial charge in [0.05, 0.1) is 5.69 Å². The molecule has 4 heteroatoms. The van der Waals surface area contributed by atoms with Crippen molar-refractivity contribution >= 4 is 10.8 Å². The molecule has 20 heavy (non-hydrogen) atoms. The van der Waals surface area contributed by atoms with E-state index in [1.165, 1.54) is 0 Å². The second-order valence-corrected chi connectivity index (χ2v) is 4.64. The summed E-state index contributed by atoms with van der Waals surface area (Å²) in [6, 6.07) is 13.8. The Hall–Kier alpha value is -2.62. The van der Waals surface area contributed by atoms with Crippen molar-refractivity contribution in [2.75, 3.05) is 0 Å². The van der Waals surface area contributed by atoms with Gasteiger partial charge in [0.2, 0.25) is 0 Å². The van der Waals surface area contributed by atoms with Crippen LogP contribution in [0.5, 0.6) is 0 Å². The van der Waals surface area contributed by atoms with Gasteiger partial charge in [-0.2, -0.15) is 0 Å². The topological polar surface area (TPSA) is 65.7 Å². The van der Waals surface area contributed by atoms with E-state index >= 15 is 0 Å². The third-order valence-corrected chi connectivity index (χ3v) is 3.45. The Labute approximate surface area is 115 Å². The van der Waals surface area contributed by atoms with E-state index in [0.717, 1.165) is 16.3 Å². The van der Waals surface area contributed by atoms with E-state index in [1.54, 1.807) is 0 Å². The zero-order chi connectivity index (χ0) is 14.1. The third kappa shape index (κ3) is 1.95. The standard InChI is InChI=1S/C16H14N2O2/c1-2-11-14(17-16(20)18-15(11)19)13-9-5-7-10-6-3-4-8-12(10)13/h3-9H,2H2,1H3,(H2,17,18,19,20). The molecule has 0 saturated heterocycles. The van der Waals surface area contributed by atoms with Gasteiger partial charge >= 0.3 is 5.69 Å². The van der Waals surface area contributed by atoms with E-state index in [2.05, 4.69) is 9.97 Å². The number of aromatic nitrogens is 2. The minimum atomic E-state index is -0.477. The first-order valence-electron chi connectivity index (χ1n) is 6.54. The molecule has 1 heterocycles. The van der Waals surface area contributed by atoms with Crippen LogP contribution in [0.2, 0.25) is 0 Å². The van der Waals surface area contributed by atoms with Crippen molar-refractivity contribution in [3.63, 3.8) is 0 Å². The monoisotopic (exact) mass is 266 g/mol. The molecule has 0 amide bonds. The van der Waals surface area contributed by atoms with Gasteiger partial charge in [0.25, 0.3) is 5.56 Å². The molecule has 0 unspecified atom stereocenters. The normalized spacial score (nSPS) is 10.8. The first-order valence-corrected chi connectivity index (χ1v) is 6.54. The average Bonchev–Trinajstić information content (AvgIpc) is 2.46. The Morgan fingerprint density at radius 2 is 1.70 bits per heavy atom. The Bertz CT molecular complexity index is 885. The van der Waals surface area contributed by atoms with Crippen LogP contribution in [-0.4, -0.2) is 9.97 Å². The van der Waals surface area contributed by atoms with Gasteiger partial charge in [0, 0.05) is 11.1 Å². The summed E-state index contributed by atoms with van der Waals surface area (Å²) < 4.78 is 0. The van der Waals surface area contributed by atoms with Gasteiger partial charge in [-0.15, -0.1) is 0 Å². The second-order valence-electron chi connectivity index (χ2n) is 4.64. The number of H-pyrrole nitrogens is 2. The quantitative estimate of drug-likeness (QED) is 0.748. The molecule has 0 fully saturated rings. The van der Waals surface area contributed by atoms with Crippen LogP contribution in [-0.2, 0) is 6.42 Å². The molecule has 4 nitrogen and oxygen atoms in total. The SMILES string of the molecule is CCc1c(-c2cccc3ccccc23)[nH]c(=O)[nH]c1=O. The first-order chi connectivity index (χ1) is 9.70. The Morgan fingerprint density at radius 3 is 2.50 bits per heavy atom. The maximum absolute atomic E-state index is 11.9. The maximum atomic E-state index is 11.9. The van der Waals surface area contributed by atoms with Gasteiger partial charge in [0.15, 0.2) is 0 Å². The number of benzene rings is 2. The van der Waals surface area contributed by atoms with Crippen molar-refractivity contribution in [3.05, 3.63) is 68.9 Å². The van der Waals surface area contributed by atoms with Gasteiger partial charge in [0.1, 0.15) is 0 Å². The lowest BCUT2D eigenvalue weighted by Gasteiger charge is -2.09. The molecule has 2 N–H and O–H groups in total. The van der Waals surface area contributed by atoms with Crippen molar-refractivity contribution in [1.29, 1.82) is 0 Å². The van der Waals surface area contributed by atoms with Crippen LogP contribution in [0.3, 0.4) is 0 Å². The lowest BCUT2D eigenvalue weighted by Crippen LogP contribution is -2.26. The molecule has 3 aromatic rings. The minimum absolute atomic E-state index is 0.320. The number of fused-ring (bicyclic) bond motifs is 1. The van der Waals surface area contributed by atoms with Gasteiger partial charge in [-0.25, -0.2) is 4.79 Å². The molecule has 100 valence electrons. The number of nitrogens with one attached hydrogen (secondary N) is 2. The summed E-state index contributed by atoms with van der Waals surface area (Å²) in [6.07, 6.45) is 0.560. The summed E-state index contributed by atoms with van der Waals surface area (Å²) in [5.41, 5.74) is 1.29. The second kappa shape index (κ2) is 4.81. The van der Waals surface area contributed by atoms with E-state index in [-0.39, 0.29) is 5.56 Å². The molecule has 0 aliphatic heterocycles. The summed E-state index contributed by atoms with van der Waals surface area (Å²) in [4.78, 5) is 28.5. The molecule has 0 spiro atoms. The summed E-state index contributed by atoms with van der Waals surface area (Å²) >= 11 is 0. The van der Waals surface area contributed by atoms with Crippen molar-refractivity contribution in [2.45, 2.75) is 13.3 Å². The zero-order valence-electron chi connectivity index (χ0n) is 11.1. The molecule has 0 atom stereocenters. The predicted octanol–water partition coefficient (Wildman–Crippen LogP) is 2.45. The fourth-order valence-corrected chi connectivity index (χ4v) is 2.52. The summed E-state index contributed by atoms with van der Waals surface area (Å²) in [5, 5.41) is 2.10. The van der Waals surface area contributed by atoms with E-state index in [4.69, 9.17) is 0 Å². The van der Waals surface area contributed by atoms with Gasteiger partial charge in [-0.3, -0.25) is 9.78 Å². The largest absolute Gasteiger partial charge is 0.326 e. The molecule has 3 rings (SSSR count). The zero-order valence-corrected chi connectivity index (χ0v) is 11.1. The van der Waals surface area contributed by atoms with Crippen LogP contribution < -0.4 is 11.2 Å². The number of rotatable bonds is 2. The highest BCUT2D eigenvalue weighted by atomic mass is 16.2. The van der Waals surface area contributed by atoms with E-state index in [9.17, 15) is 9.59 Å². The predicted molar refractivity (Wildman–Crippen MR) is 80.0 cm³/mol. The van der Waals surface area contributed by atoms with Crippen LogP contribution >= 0.6 is 0 Å². The molecule has 0 aliphatic carbocycles. The smallest absolute Gasteiger partial charge is 0.307 e. The summed E-state index contributed by atoms with van der Waals surface area (Å²) in [6.45, 7) is 1.90. The van der Waals surface area contributed by atoms with E-state index in [0.29, 0.717) is 17.7 Å². The van der Waals surface area contributed by atoms with Gasteiger partial charge < -0.3 is 4.98 Å². The van der Waals surface area contributed by atoms with Gasteiger partial charge in [-0.1, -0.05) is 49.4 Å². The molecular weight excluding hydrogens is 252 g/mol. The summed E-state index contributed by atoms with van der Waals surface area (Å²) in [7, 11) is 0. The van der Waals surface area contributed by atoms with E-state index < -0.39 is 5.69 Å². The fourth-order valence-electron chi connectivity index (χ4n) is 2.52. The van der Waals surface area contributed by atoms with Crippen LogP contribution in [0.25, 0.3) is 22.0 Å². The number of hydrogen-bond acceptors (Lipinski definition) is 2. The molecule has 2 aromatic carbocycles. The Kier molecular flexibility index (Phi) is 2.99. The fraction of sp³-hybridized carbons (Fsp3) is 0.125. The Morgan fingerprint density at radius 1 is 0.950 bits per heavy atom. The molecule has 1 aromatic heterocycles. The van der Waals surface area contributed by atoms with E-state index in [1.807, 2.05) is 49.4 Å². The minimum Gasteiger partial charge on any atom is -0.307 e. The highest BCUT2D eigenvalue weighted by Gasteiger charge is 2.11.